The molecule has 0 spiro atoms. The van der Waals surface area contributed by atoms with E-state index in [0.717, 1.165) is 22.6 Å². The van der Waals surface area contributed by atoms with E-state index in [9.17, 15) is 4.79 Å². The molecule has 1 N–H and O–H groups in total. The number of thioether (sulfide) groups is 1. The summed E-state index contributed by atoms with van der Waals surface area (Å²) in [6.07, 6.45) is 5.84. The van der Waals surface area contributed by atoms with Crippen LogP contribution in [0, 0.1) is 11.8 Å². The van der Waals surface area contributed by atoms with Gasteiger partial charge in [0.15, 0.2) is 0 Å². The van der Waals surface area contributed by atoms with Gasteiger partial charge in [0, 0.05) is 28.1 Å². The number of hydrogen-bond donors (Lipinski definition) is 1. The highest BCUT2D eigenvalue weighted by atomic mass is 35.5. The van der Waals surface area contributed by atoms with Gasteiger partial charge in [0.1, 0.15) is 0 Å². The third-order valence-corrected chi connectivity index (χ3v) is 5.76. The molecule has 2 aliphatic carbocycles. The van der Waals surface area contributed by atoms with E-state index in [-0.39, 0.29) is 5.91 Å². The average Bonchev–Trinajstić information content (AvgIpc) is 3.03. The summed E-state index contributed by atoms with van der Waals surface area (Å²) in [4.78, 5) is 13.1. The molecule has 0 unspecified atom stereocenters. The molecule has 1 aromatic rings. The maximum atomic E-state index is 12.0. The van der Waals surface area contributed by atoms with E-state index in [1.165, 1.54) is 30.6 Å². The molecule has 0 radical (unpaired) electrons. The molecule has 0 heterocycles. The smallest absolute Gasteiger partial charge is 0.221 e. The first kappa shape index (κ1) is 14.3. The van der Waals surface area contributed by atoms with Crippen molar-refractivity contribution in [3.05, 3.63) is 29.3 Å². The second-order valence-corrected chi connectivity index (χ2v) is 7.51. The second-order valence-electron chi connectivity index (χ2n) is 5.90. The van der Waals surface area contributed by atoms with Crippen molar-refractivity contribution < 1.29 is 4.79 Å². The molecule has 20 heavy (non-hydrogen) atoms. The van der Waals surface area contributed by atoms with Crippen molar-refractivity contribution in [3.8, 4) is 0 Å². The molecule has 0 aliphatic heterocycles. The normalized spacial score (nSPS) is 27.8. The predicted octanol–water partition coefficient (Wildman–Crippen LogP) is 4.13. The zero-order valence-corrected chi connectivity index (χ0v) is 13.1. The Labute approximate surface area is 129 Å². The Balaban J connectivity index is 1.38. The maximum absolute atomic E-state index is 12.0. The van der Waals surface area contributed by atoms with Gasteiger partial charge in [-0.3, -0.25) is 4.79 Å². The number of fused-ring (bicyclic) bond motifs is 2. The maximum Gasteiger partial charge on any atom is 0.221 e. The summed E-state index contributed by atoms with van der Waals surface area (Å²) in [6, 6.07) is 8.24. The van der Waals surface area contributed by atoms with Crippen molar-refractivity contribution in [1.82, 2.24) is 5.32 Å². The molecule has 1 amide bonds. The highest BCUT2D eigenvalue weighted by Crippen LogP contribution is 2.44. The first-order valence-corrected chi connectivity index (χ1v) is 8.75. The van der Waals surface area contributed by atoms with Gasteiger partial charge in [-0.1, -0.05) is 18.0 Å². The molecule has 2 bridgehead atoms. The topological polar surface area (TPSA) is 29.1 Å². The number of halogens is 1. The SMILES string of the molecule is O=C(CCSc1ccc(Cl)cc1)N[C@H]1C[C@H]2CC[C@@H]1C2. The molecule has 1 aromatic carbocycles. The quantitative estimate of drug-likeness (QED) is 0.829. The summed E-state index contributed by atoms with van der Waals surface area (Å²) < 4.78 is 0. The van der Waals surface area contributed by atoms with Gasteiger partial charge in [-0.15, -0.1) is 11.8 Å². The molecule has 0 aromatic heterocycles. The number of carbonyl (C=O) groups excluding carboxylic acids is 1. The highest BCUT2D eigenvalue weighted by molar-refractivity contribution is 7.99. The van der Waals surface area contributed by atoms with Gasteiger partial charge in [-0.25, -0.2) is 0 Å². The van der Waals surface area contributed by atoms with Crippen LogP contribution in [-0.4, -0.2) is 17.7 Å². The van der Waals surface area contributed by atoms with Crippen molar-refractivity contribution in [2.45, 2.75) is 43.0 Å². The molecule has 2 aliphatic rings. The van der Waals surface area contributed by atoms with Crippen molar-refractivity contribution in [2.75, 3.05) is 5.75 Å². The summed E-state index contributed by atoms with van der Waals surface area (Å²) >= 11 is 7.56. The van der Waals surface area contributed by atoms with Crippen LogP contribution in [-0.2, 0) is 4.79 Å². The lowest BCUT2D eigenvalue weighted by Gasteiger charge is -2.22. The number of rotatable bonds is 5. The summed E-state index contributed by atoms with van der Waals surface area (Å²) in [5.74, 6) is 2.68. The molecule has 3 atom stereocenters. The third-order valence-electron chi connectivity index (χ3n) is 4.50. The number of nitrogens with one attached hydrogen (secondary N) is 1. The molecule has 2 fully saturated rings. The van der Waals surface area contributed by atoms with Crippen LogP contribution in [0.25, 0.3) is 0 Å². The van der Waals surface area contributed by atoms with Gasteiger partial charge in [0.2, 0.25) is 5.91 Å². The lowest BCUT2D eigenvalue weighted by Crippen LogP contribution is -2.38. The largest absolute Gasteiger partial charge is 0.353 e. The Hall–Kier alpha value is -0.670. The minimum absolute atomic E-state index is 0.212. The Morgan fingerprint density at radius 2 is 2.05 bits per heavy atom. The van der Waals surface area contributed by atoms with Crippen molar-refractivity contribution >= 4 is 29.3 Å². The molecule has 0 saturated heterocycles. The second kappa shape index (κ2) is 6.40. The van der Waals surface area contributed by atoms with Gasteiger partial charge < -0.3 is 5.32 Å². The highest BCUT2D eigenvalue weighted by Gasteiger charge is 2.39. The van der Waals surface area contributed by atoms with Crippen LogP contribution < -0.4 is 5.32 Å². The van der Waals surface area contributed by atoms with Crippen LogP contribution in [0.5, 0.6) is 0 Å². The third kappa shape index (κ3) is 3.50. The number of amides is 1. The van der Waals surface area contributed by atoms with Gasteiger partial charge in [-0.05, 0) is 55.4 Å². The van der Waals surface area contributed by atoms with E-state index in [1.807, 2.05) is 24.3 Å². The van der Waals surface area contributed by atoms with E-state index in [0.29, 0.717) is 12.5 Å². The van der Waals surface area contributed by atoms with E-state index in [2.05, 4.69) is 5.32 Å². The molecular formula is C16H20ClNOS. The van der Waals surface area contributed by atoms with Crippen LogP contribution in [0.3, 0.4) is 0 Å². The Bertz CT molecular complexity index is 476. The summed E-state index contributed by atoms with van der Waals surface area (Å²) in [5.41, 5.74) is 0. The lowest BCUT2D eigenvalue weighted by atomic mass is 9.95. The Morgan fingerprint density at radius 1 is 1.25 bits per heavy atom. The van der Waals surface area contributed by atoms with Crippen molar-refractivity contribution in [1.29, 1.82) is 0 Å². The van der Waals surface area contributed by atoms with Gasteiger partial charge >= 0.3 is 0 Å². The van der Waals surface area contributed by atoms with Crippen LogP contribution in [0.4, 0.5) is 0 Å². The molecule has 4 heteroatoms. The fourth-order valence-electron chi connectivity index (χ4n) is 3.49. The van der Waals surface area contributed by atoms with E-state index >= 15 is 0 Å². The molecule has 3 rings (SSSR count). The van der Waals surface area contributed by atoms with Crippen LogP contribution in [0.15, 0.2) is 29.2 Å². The number of hydrogen-bond acceptors (Lipinski definition) is 2. The zero-order valence-electron chi connectivity index (χ0n) is 11.5. The summed E-state index contributed by atoms with van der Waals surface area (Å²) in [7, 11) is 0. The van der Waals surface area contributed by atoms with Gasteiger partial charge in [0.05, 0.1) is 0 Å². The zero-order chi connectivity index (χ0) is 13.9. The van der Waals surface area contributed by atoms with Gasteiger partial charge in [0.25, 0.3) is 0 Å². The molecule has 2 saturated carbocycles. The van der Waals surface area contributed by atoms with Crippen molar-refractivity contribution in [3.63, 3.8) is 0 Å². The predicted molar refractivity (Wildman–Crippen MR) is 84.2 cm³/mol. The molecule has 108 valence electrons. The molecular weight excluding hydrogens is 290 g/mol. The van der Waals surface area contributed by atoms with Gasteiger partial charge in [-0.2, -0.15) is 0 Å². The average molecular weight is 310 g/mol. The summed E-state index contributed by atoms with van der Waals surface area (Å²) in [6.45, 7) is 0. The number of carbonyl (C=O) groups is 1. The van der Waals surface area contributed by atoms with E-state index in [1.54, 1.807) is 11.8 Å². The number of benzene rings is 1. The van der Waals surface area contributed by atoms with Crippen LogP contribution in [0.1, 0.15) is 32.1 Å². The lowest BCUT2D eigenvalue weighted by molar-refractivity contribution is -0.121. The minimum atomic E-state index is 0.212. The van der Waals surface area contributed by atoms with E-state index in [4.69, 9.17) is 11.6 Å². The standard InChI is InChI=1S/C16H20ClNOS/c17-13-3-5-14(6-4-13)20-8-7-16(19)18-15-10-11-1-2-12(15)9-11/h3-6,11-12,15H,1-2,7-10H2,(H,18,19)/t11-,12+,15-/m0/s1. The van der Waals surface area contributed by atoms with Crippen molar-refractivity contribution in [2.24, 2.45) is 11.8 Å². The first-order valence-electron chi connectivity index (χ1n) is 7.38. The molecule has 2 nitrogen and oxygen atoms in total. The fourth-order valence-corrected chi connectivity index (χ4v) is 4.47. The fraction of sp³-hybridized carbons (Fsp3) is 0.562. The Kier molecular flexibility index (Phi) is 4.57. The first-order chi connectivity index (χ1) is 9.70. The van der Waals surface area contributed by atoms with E-state index < -0.39 is 0 Å². The minimum Gasteiger partial charge on any atom is -0.353 e. The Morgan fingerprint density at radius 3 is 2.70 bits per heavy atom. The van der Waals surface area contributed by atoms with Crippen LogP contribution in [0.2, 0.25) is 5.02 Å². The monoisotopic (exact) mass is 309 g/mol. The van der Waals surface area contributed by atoms with Crippen LogP contribution >= 0.6 is 23.4 Å². The summed E-state index contributed by atoms with van der Waals surface area (Å²) in [5, 5.41) is 3.99.